The number of carbonyl (C=O) groups excluding carboxylic acids is 1. The molecular weight excluding hydrogens is 216 g/mol. The highest BCUT2D eigenvalue weighted by molar-refractivity contribution is 5.53. The summed E-state index contributed by atoms with van der Waals surface area (Å²) in [5, 5.41) is 0. The van der Waals surface area contributed by atoms with E-state index >= 15 is 0 Å². The van der Waals surface area contributed by atoms with Gasteiger partial charge >= 0.3 is 0 Å². The van der Waals surface area contributed by atoms with Gasteiger partial charge in [0.2, 0.25) is 0 Å². The zero-order chi connectivity index (χ0) is 12.8. The van der Waals surface area contributed by atoms with Crippen LogP contribution < -0.4 is 9.47 Å². The number of aryl methyl sites for hydroxylation is 1. The van der Waals surface area contributed by atoms with E-state index in [1.807, 2.05) is 19.1 Å². The molecule has 3 heteroatoms. The van der Waals surface area contributed by atoms with Gasteiger partial charge in [0.15, 0.2) is 11.5 Å². The topological polar surface area (TPSA) is 35.5 Å². The van der Waals surface area contributed by atoms with Crippen LogP contribution in [0.4, 0.5) is 0 Å². The zero-order valence-corrected chi connectivity index (χ0v) is 10.9. The van der Waals surface area contributed by atoms with Crippen LogP contribution in [-0.2, 0) is 4.79 Å². The molecule has 1 aromatic carbocycles. The van der Waals surface area contributed by atoms with Gasteiger partial charge in [-0.05, 0) is 24.8 Å². The first-order valence-electron chi connectivity index (χ1n) is 5.80. The second-order valence-electron chi connectivity index (χ2n) is 4.18. The van der Waals surface area contributed by atoms with E-state index in [0.29, 0.717) is 6.42 Å². The van der Waals surface area contributed by atoms with E-state index in [2.05, 4.69) is 6.92 Å². The van der Waals surface area contributed by atoms with Gasteiger partial charge in [-0.15, -0.1) is 0 Å². The Labute approximate surface area is 103 Å². The van der Waals surface area contributed by atoms with Gasteiger partial charge in [-0.3, -0.25) is 0 Å². The summed E-state index contributed by atoms with van der Waals surface area (Å²) < 4.78 is 10.8. The first-order chi connectivity index (χ1) is 8.15. The standard InChI is InChI=1S/C14H20O3/c1-10(6-5-9-15)12-8-7-11(2)13(16-3)14(12)17-4/h7-10H,5-6H2,1-4H3/t10-/m0/s1. The van der Waals surface area contributed by atoms with E-state index in [-0.39, 0.29) is 5.92 Å². The Morgan fingerprint density at radius 2 is 1.88 bits per heavy atom. The van der Waals surface area contributed by atoms with E-state index in [1.54, 1.807) is 14.2 Å². The van der Waals surface area contributed by atoms with Crippen molar-refractivity contribution >= 4 is 6.29 Å². The lowest BCUT2D eigenvalue weighted by Gasteiger charge is -2.18. The third-order valence-corrected chi connectivity index (χ3v) is 3.00. The Balaban J connectivity index is 3.10. The Bertz CT molecular complexity index is 385. The first-order valence-corrected chi connectivity index (χ1v) is 5.80. The van der Waals surface area contributed by atoms with Crippen molar-refractivity contribution in [1.29, 1.82) is 0 Å². The lowest BCUT2D eigenvalue weighted by Crippen LogP contribution is -2.01. The van der Waals surface area contributed by atoms with Crippen LogP contribution >= 0.6 is 0 Å². The SMILES string of the molecule is COc1c(C)ccc([C@@H](C)CCC=O)c1OC. The van der Waals surface area contributed by atoms with Crippen molar-refractivity contribution in [2.45, 2.75) is 32.6 Å². The van der Waals surface area contributed by atoms with Gasteiger partial charge in [0.1, 0.15) is 6.29 Å². The predicted molar refractivity (Wildman–Crippen MR) is 68.0 cm³/mol. The molecule has 0 amide bonds. The number of benzene rings is 1. The molecule has 0 aliphatic rings. The minimum atomic E-state index is 0.282. The average Bonchev–Trinajstić information content (AvgIpc) is 2.35. The highest BCUT2D eigenvalue weighted by Crippen LogP contribution is 2.39. The number of hydrogen-bond acceptors (Lipinski definition) is 3. The predicted octanol–water partition coefficient (Wildman–Crippen LogP) is 3.09. The summed E-state index contributed by atoms with van der Waals surface area (Å²) >= 11 is 0. The third-order valence-electron chi connectivity index (χ3n) is 3.00. The molecule has 1 aromatic rings. The molecule has 0 fully saturated rings. The van der Waals surface area contributed by atoms with E-state index in [0.717, 1.165) is 35.3 Å². The Hall–Kier alpha value is -1.51. The van der Waals surface area contributed by atoms with Crippen LogP contribution in [0, 0.1) is 6.92 Å². The van der Waals surface area contributed by atoms with Gasteiger partial charge < -0.3 is 14.3 Å². The zero-order valence-electron chi connectivity index (χ0n) is 10.9. The maximum Gasteiger partial charge on any atom is 0.164 e. The van der Waals surface area contributed by atoms with Crippen LogP contribution in [0.25, 0.3) is 0 Å². The molecule has 1 rings (SSSR count). The van der Waals surface area contributed by atoms with E-state index < -0.39 is 0 Å². The van der Waals surface area contributed by atoms with Crippen molar-refractivity contribution in [3.8, 4) is 11.5 Å². The molecule has 3 nitrogen and oxygen atoms in total. The number of aldehydes is 1. The Morgan fingerprint density at radius 3 is 2.41 bits per heavy atom. The minimum Gasteiger partial charge on any atom is -0.493 e. The maximum atomic E-state index is 10.4. The molecule has 1 atom stereocenters. The average molecular weight is 236 g/mol. The van der Waals surface area contributed by atoms with E-state index in [4.69, 9.17) is 9.47 Å². The fourth-order valence-corrected chi connectivity index (χ4v) is 2.00. The number of rotatable bonds is 6. The second-order valence-corrected chi connectivity index (χ2v) is 4.18. The van der Waals surface area contributed by atoms with Gasteiger partial charge in [0.05, 0.1) is 14.2 Å². The molecule has 0 aliphatic carbocycles. The first kappa shape index (κ1) is 13.6. The van der Waals surface area contributed by atoms with E-state index in [1.165, 1.54) is 0 Å². The molecule has 0 saturated heterocycles. The monoisotopic (exact) mass is 236 g/mol. The Kier molecular flexibility index (Phi) is 5.01. The van der Waals surface area contributed by atoms with Crippen LogP contribution in [0.15, 0.2) is 12.1 Å². The molecule has 0 N–H and O–H groups in total. The number of carbonyl (C=O) groups is 1. The normalized spacial score (nSPS) is 12.0. The lowest BCUT2D eigenvalue weighted by atomic mass is 9.94. The Morgan fingerprint density at radius 1 is 1.24 bits per heavy atom. The maximum absolute atomic E-state index is 10.4. The molecule has 94 valence electrons. The summed E-state index contributed by atoms with van der Waals surface area (Å²) in [6.07, 6.45) is 2.35. The van der Waals surface area contributed by atoms with E-state index in [9.17, 15) is 4.79 Å². The molecule has 0 saturated carbocycles. The van der Waals surface area contributed by atoms with Crippen LogP contribution in [0.2, 0.25) is 0 Å². The number of hydrogen-bond donors (Lipinski definition) is 0. The molecule has 0 unspecified atom stereocenters. The summed E-state index contributed by atoms with van der Waals surface area (Å²) in [6, 6.07) is 4.07. The quantitative estimate of drug-likeness (QED) is 0.712. The molecule has 0 aromatic heterocycles. The van der Waals surface area contributed by atoms with Crippen molar-refractivity contribution in [3.05, 3.63) is 23.3 Å². The molecule has 0 heterocycles. The smallest absolute Gasteiger partial charge is 0.164 e. The van der Waals surface area contributed by atoms with Crippen molar-refractivity contribution in [2.24, 2.45) is 0 Å². The van der Waals surface area contributed by atoms with Crippen LogP contribution in [0.1, 0.15) is 36.8 Å². The summed E-state index contributed by atoms with van der Waals surface area (Å²) in [6.45, 7) is 4.08. The van der Waals surface area contributed by atoms with Crippen molar-refractivity contribution < 1.29 is 14.3 Å². The second kappa shape index (κ2) is 6.28. The van der Waals surface area contributed by atoms with Crippen LogP contribution in [0.5, 0.6) is 11.5 Å². The summed E-state index contributed by atoms with van der Waals surface area (Å²) in [5.74, 6) is 1.85. The number of ether oxygens (including phenoxy) is 2. The fraction of sp³-hybridized carbons (Fsp3) is 0.500. The third kappa shape index (κ3) is 2.99. The van der Waals surface area contributed by atoms with Gasteiger partial charge in [0, 0.05) is 12.0 Å². The molecule has 0 spiro atoms. The van der Waals surface area contributed by atoms with Gasteiger partial charge in [-0.1, -0.05) is 19.1 Å². The molecule has 0 aliphatic heterocycles. The van der Waals surface area contributed by atoms with Crippen molar-refractivity contribution in [3.63, 3.8) is 0 Å². The summed E-state index contributed by atoms with van der Waals surface area (Å²) in [7, 11) is 3.29. The van der Waals surface area contributed by atoms with Crippen molar-refractivity contribution in [1.82, 2.24) is 0 Å². The molecule has 17 heavy (non-hydrogen) atoms. The van der Waals surface area contributed by atoms with Crippen LogP contribution in [-0.4, -0.2) is 20.5 Å². The highest BCUT2D eigenvalue weighted by Gasteiger charge is 2.17. The fourth-order valence-electron chi connectivity index (χ4n) is 2.00. The van der Waals surface area contributed by atoms with Crippen molar-refractivity contribution in [2.75, 3.05) is 14.2 Å². The largest absolute Gasteiger partial charge is 0.493 e. The highest BCUT2D eigenvalue weighted by atomic mass is 16.5. The molecular formula is C14H20O3. The molecule has 0 radical (unpaired) electrons. The molecule has 0 bridgehead atoms. The van der Waals surface area contributed by atoms with Gasteiger partial charge in [0.25, 0.3) is 0 Å². The number of methoxy groups -OCH3 is 2. The van der Waals surface area contributed by atoms with Gasteiger partial charge in [-0.2, -0.15) is 0 Å². The van der Waals surface area contributed by atoms with Crippen LogP contribution in [0.3, 0.4) is 0 Å². The lowest BCUT2D eigenvalue weighted by molar-refractivity contribution is -0.108. The summed E-state index contributed by atoms with van der Waals surface area (Å²) in [5.41, 5.74) is 2.15. The van der Waals surface area contributed by atoms with Gasteiger partial charge in [-0.25, -0.2) is 0 Å². The minimum absolute atomic E-state index is 0.282. The summed E-state index contributed by atoms with van der Waals surface area (Å²) in [4.78, 5) is 10.4.